The Morgan fingerprint density at radius 3 is 1.35 bits per heavy atom. The Hall–Kier alpha value is -2.80. The summed E-state index contributed by atoms with van der Waals surface area (Å²) in [6, 6.07) is 14.7. The fraction of sp³-hybridized carbons (Fsp3) is 0.125. The standard InChI is InChI=1S/C15H10N2O2.CH4/c18-10-16-14-5-1-12(2-6-14)9-13-3-7-15(8-4-13)17-11-19;/h1-8H,9H2;1H4. The maximum Gasteiger partial charge on any atom is 0.240 e. The summed E-state index contributed by atoms with van der Waals surface area (Å²) in [6.07, 6.45) is 3.77. The number of isocyanates is 2. The summed E-state index contributed by atoms with van der Waals surface area (Å²) in [5, 5.41) is 0. The van der Waals surface area contributed by atoms with E-state index in [2.05, 4.69) is 9.98 Å². The maximum absolute atomic E-state index is 10.1. The van der Waals surface area contributed by atoms with Crippen LogP contribution in [-0.2, 0) is 16.0 Å². The Bertz CT molecular complexity index is 588. The highest BCUT2D eigenvalue weighted by Gasteiger charge is 1.97. The lowest BCUT2D eigenvalue weighted by atomic mass is 10.0. The van der Waals surface area contributed by atoms with Gasteiger partial charge in [0.25, 0.3) is 0 Å². The van der Waals surface area contributed by atoms with Crippen LogP contribution in [0.3, 0.4) is 0 Å². The summed E-state index contributed by atoms with van der Waals surface area (Å²) in [6.45, 7) is 0. The van der Waals surface area contributed by atoms with Crippen molar-refractivity contribution in [1.82, 2.24) is 0 Å². The van der Waals surface area contributed by atoms with Crippen LogP contribution in [0.5, 0.6) is 0 Å². The average Bonchev–Trinajstić information content (AvgIpc) is 2.44. The molecule has 0 bridgehead atoms. The van der Waals surface area contributed by atoms with Crippen LogP contribution < -0.4 is 0 Å². The summed E-state index contributed by atoms with van der Waals surface area (Å²) < 4.78 is 0. The first-order valence-corrected chi connectivity index (χ1v) is 5.65. The largest absolute Gasteiger partial charge is 0.240 e. The molecule has 0 aliphatic rings. The first-order valence-electron chi connectivity index (χ1n) is 5.65. The molecule has 2 aromatic rings. The summed E-state index contributed by atoms with van der Waals surface area (Å²) in [5.41, 5.74) is 3.40. The molecule has 0 amide bonds. The summed E-state index contributed by atoms with van der Waals surface area (Å²) in [7, 11) is 0. The number of hydrogen-bond donors (Lipinski definition) is 0. The molecule has 4 heteroatoms. The molecule has 0 aromatic heterocycles. The van der Waals surface area contributed by atoms with E-state index in [1.54, 1.807) is 24.3 Å². The molecule has 2 aromatic carbocycles. The molecule has 0 aliphatic carbocycles. The average molecular weight is 266 g/mol. The van der Waals surface area contributed by atoms with Gasteiger partial charge in [0.1, 0.15) is 0 Å². The molecule has 2 rings (SSSR count). The molecule has 0 aliphatic heterocycles. The highest BCUT2D eigenvalue weighted by Crippen LogP contribution is 2.17. The van der Waals surface area contributed by atoms with Gasteiger partial charge in [-0.3, -0.25) is 0 Å². The smallest absolute Gasteiger partial charge is 0.211 e. The zero-order chi connectivity index (χ0) is 13.5. The van der Waals surface area contributed by atoms with E-state index >= 15 is 0 Å². The van der Waals surface area contributed by atoms with E-state index in [1.807, 2.05) is 24.3 Å². The van der Waals surface area contributed by atoms with E-state index in [4.69, 9.17) is 0 Å². The van der Waals surface area contributed by atoms with Gasteiger partial charge in [-0.1, -0.05) is 31.7 Å². The number of aliphatic imine (C=N–C) groups is 2. The van der Waals surface area contributed by atoms with E-state index in [0.717, 1.165) is 17.5 Å². The molecular weight excluding hydrogens is 252 g/mol. The lowest BCUT2D eigenvalue weighted by Crippen LogP contribution is -1.86. The number of rotatable bonds is 4. The molecule has 20 heavy (non-hydrogen) atoms. The van der Waals surface area contributed by atoms with Crippen LogP contribution in [0, 0.1) is 0 Å². The van der Waals surface area contributed by atoms with Crippen molar-refractivity contribution in [2.75, 3.05) is 0 Å². The summed E-state index contributed by atoms with van der Waals surface area (Å²) in [4.78, 5) is 27.3. The van der Waals surface area contributed by atoms with Crippen LogP contribution in [0.25, 0.3) is 0 Å². The first kappa shape index (κ1) is 15.3. The maximum atomic E-state index is 10.1. The van der Waals surface area contributed by atoms with E-state index in [1.165, 1.54) is 12.2 Å². The highest BCUT2D eigenvalue weighted by atomic mass is 16.1. The van der Waals surface area contributed by atoms with Crippen molar-refractivity contribution in [1.29, 1.82) is 0 Å². The predicted octanol–water partition coefficient (Wildman–Crippen LogP) is 3.85. The topological polar surface area (TPSA) is 58.9 Å². The monoisotopic (exact) mass is 266 g/mol. The molecule has 0 saturated carbocycles. The predicted molar refractivity (Wildman–Crippen MR) is 78.0 cm³/mol. The van der Waals surface area contributed by atoms with Gasteiger partial charge in [0.05, 0.1) is 11.4 Å². The Morgan fingerprint density at radius 2 is 1.05 bits per heavy atom. The highest BCUT2D eigenvalue weighted by molar-refractivity contribution is 5.51. The fourth-order valence-electron chi connectivity index (χ4n) is 1.72. The number of benzene rings is 2. The van der Waals surface area contributed by atoms with Crippen LogP contribution in [0.4, 0.5) is 11.4 Å². The molecule has 0 radical (unpaired) electrons. The molecule has 0 fully saturated rings. The number of hydrogen-bond acceptors (Lipinski definition) is 4. The van der Waals surface area contributed by atoms with Gasteiger partial charge in [0.15, 0.2) is 0 Å². The van der Waals surface area contributed by atoms with Gasteiger partial charge in [-0.25, -0.2) is 9.59 Å². The summed E-state index contributed by atoms with van der Waals surface area (Å²) >= 11 is 0. The van der Waals surface area contributed by atoms with Gasteiger partial charge in [0.2, 0.25) is 12.2 Å². The second-order valence-corrected chi connectivity index (χ2v) is 3.92. The molecule has 0 N–H and O–H groups in total. The molecule has 0 spiro atoms. The quantitative estimate of drug-likeness (QED) is 0.623. The van der Waals surface area contributed by atoms with Crippen LogP contribution in [0.1, 0.15) is 18.6 Å². The van der Waals surface area contributed by atoms with Gasteiger partial charge in [0, 0.05) is 0 Å². The van der Waals surface area contributed by atoms with Gasteiger partial charge in [-0.2, -0.15) is 9.98 Å². The lowest BCUT2D eigenvalue weighted by molar-refractivity contribution is 0.564. The van der Waals surface area contributed by atoms with Crippen molar-refractivity contribution in [3.8, 4) is 0 Å². The van der Waals surface area contributed by atoms with Crippen molar-refractivity contribution in [3.05, 3.63) is 59.7 Å². The third-order valence-corrected chi connectivity index (χ3v) is 2.63. The molecule has 0 saturated heterocycles. The molecule has 0 heterocycles. The molecule has 0 unspecified atom stereocenters. The van der Waals surface area contributed by atoms with Gasteiger partial charge in [-0.15, -0.1) is 0 Å². The van der Waals surface area contributed by atoms with E-state index in [9.17, 15) is 9.59 Å². The van der Waals surface area contributed by atoms with Crippen LogP contribution in [0.2, 0.25) is 0 Å². The van der Waals surface area contributed by atoms with Crippen molar-refractivity contribution >= 4 is 23.5 Å². The Kier molecular flexibility index (Phi) is 5.79. The second kappa shape index (κ2) is 7.59. The van der Waals surface area contributed by atoms with Gasteiger partial charge >= 0.3 is 0 Å². The number of nitrogens with zero attached hydrogens (tertiary/aromatic N) is 2. The van der Waals surface area contributed by atoms with Crippen LogP contribution >= 0.6 is 0 Å². The molecule has 100 valence electrons. The minimum atomic E-state index is 0. The van der Waals surface area contributed by atoms with Crippen molar-refractivity contribution in [2.24, 2.45) is 9.98 Å². The minimum Gasteiger partial charge on any atom is -0.211 e. The fourth-order valence-corrected chi connectivity index (χ4v) is 1.72. The SMILES string of the molecule is C.O=C=Nc1ccc(Cc2ccc(N=C=O)cc2)cc1. The van der Waals surface area contributed by atoms with Gasteiger partial charge in [-0.05, 0) is 41.8 Å². The normalized spacial score (nSPS) is 8.80. The summed E-state index contributed by atoms with van der Waals surface area (Å²) in [5.74, 6) is 0. The Labute approximate surface area is 117 Å². The Balaban J connectivity index is 0.00000200. The lowest BCUT2D eigenvalue weighted by Gasteiger charge is -2.02. The molecular formula is C16H14N2O2. The Morgan fingerprint density at radius 1 is 0.700 bits per heavy atom. The third-order valence-electron chi connectivity index (χ3n) is 2.63. The third kappa shape index (κ3) is 4.14. The molecule has 4 nitrogen and oxygen atoms in total. The van der Waals surface area contributed by atoms with Crippen molar-refractivity contribution in [3.63, 3.8) is 0 Å². The zero-order valence-corrected chi connectivity index (χ0v) is 10.0. The van der Waals surface area contributed by atoms with E-state index < -0.39 is 0 Å². The number of carbonyl (C=O) groups excluding carboxylic acids is 2. The van der Waals surface area contributed by atoms with E-state index in [0.29, 0.717) is 11.4 Å². The second-order valence-electron chi connectivity index (χ2n) is 3.92. The molecule has 0 atom stereocenters. The van der Waals surface area contributed by atoms with E-state index in [-0.39, 0.29) is 7.43 Å². The van der Waals surface area contributed by atoms with Crippen molar-refractivity contribution < 1.29 is 9.59 Å². The van der Waals surface area contributed by atoms with Crippen LogP contribution in [-0.4, -0.2) is 12.2 Å². The van der Waals surface area contributed by atoms with Crippen LogP contribution in [0.15, 0.2) is 58.5 Å². The first-order chi connectivity index (χ1) is 9.31. The zero-order valence-electron chi connectivity index (χ0n) is 10.0. The van der Waals surface area contributed by atoms with Crippen molar-refractivity contribution in [2.45, 2.75) is 13.8 Å². The van der Waals surface area contributed by atoms with Gasteiger partial charge < -0.3 is 0 Å². The minimum absolute atomic E-state index is 0.